The highest BCUT2D eigenvalue weighted by atomic mass is 16.1. The Balaban J connectivity index is 1.42. The summed E-state index contributed by atoms with van der Waals surface area (Å²) in [5.41, 5.74) is 2.39. The topological polar surface area (TPSA) is 79.2 Å². The van der Waals surface area contributed by atoms with Gasteiger partial charge in [0.2, 0.25) is 0 Å². The van der Waals surface area contributed by atoms with Crippen LogP contribution in [0.25, 0.3) is 5.82 Å². The van der Waals surface area contributed by atoms with E-state index < -0.39 is 0 Å². The summed E-state index contributed by atoms with van der Waals surface area (Å²) in [4.78, 5) is 26.6. The molecule has 3 aromatic rings. The molecule has 3 aromatic heterocycles. The Morgan fingerprint density at radius 1 is 1.03 bits per heavy atom. The van der Waals surface area contributed by atoms with Crippen molar-refractivity contribution in [3.63, 3.8) is 0 Å². The SMILES string of the molecule is CC(C)c1c(C(=O)NCc2ccc(N3CCCN(C)CC3)nc2)cnn1-c1ccccn1. The zero-order chi connectivity index (χ0) is 22.5. The number of nitrogens with one attached hydrogen (secondary N) is 1. The van der Waals surface area contributed by atoms with Crippen LogP contribution in [-0.4, -0.2) is 63.8 Å². The van der Waals surface area contributed by atoms with Crippen LogP contribution in [0.5, 0.6) is 0 Å². The van der Waals surface area contributed by atoms with Crippen molar-refractivity contribution in [3.05, 3.63) is 65.7 Å². The molecule has 1 fully saturated rings. The van der Waals surface area contributed by atoms with Gasteiger partial charge in [0, 0.05) is 38.6 Å². The molecule has 1 aliphatic rings. The molecule has 1 amide bonds. The maximum Gasteiger partial charge on any atom is 0.255 e. The van der Waals surface area contributed by atoms with E-state index in [1.165, 1.54) is 0 Å². The molecule has 0 atom stereocenters. The lowest BCUT2D eigenvalue weighted by Gasteiger charge is -2.21. The Morgan fingerprint density at radius 2 is 1.91 bits per heavy atom. The third kappa shape index (κ3) is 4.96. The fraction of sp³-hybridized carbons (Fsp3) is 0.417. The van der Waals surface area contributed by atoms with E-state index in [2.05, 4.69) is 51.1 Å². The summed E-state index contributed by atoms with van der Waals surface area (Å²) in [6.45, 7) is 8.69. The maximum absolute atomic E-state index is 13.0. The first-order chi connectivity index (χ1) is 15.5. The summed E-state index contributed by atoms with van der Waals surface area (Å²) in [6, 6.07) is 9.74. The molecule has 8 nitrogen and oxygen atoms in total. The zero-order valence-electron chi connectivity index (χ0n) is 19.0. The van der Waals surface area contributed by atoms with Crippen molar-refractivity contribution in [2.45, 2.75) is 32.7 Å². The molecule has 32 heavy (non-hydrogen) atoms. The van der Waals surface area contributed by atoms with Crippen LogP contribution in [0.4, 0.5) is 5.82 Å². The average Bonchev–Trinajstić information content (AvgIpc) is 3.15. The highest BCUT2D eigenvalue weighted by molar-refractivity contribution is 5.95. The Labute approximate surface area is 189 Å². The van der Waals surface area contributed by atoms with Gasteiger partial charge in [-0.3, -0.25) is 4.79 Å². The number of hydrogen-bond donors (Lipinski definition) is 1. The van der Waals surface area contributed by atoms with Crippen molar-refractivity contribution < 1.29 is 4.79 Å². The number of anilines is 1. The van der Waals surface area contributed by atoms with Gasteiger partial charge in [-0.05, 0) is 49.7 Å². The van der Waals surface area contributed by atoms with E-state index in [1.54, 1.807) is 17.1 Å². The van der Waals surface area contributed by atoms with Gasteiger partial charge < -0.3 is 15.1 Å². The fourth-order valence-corrected chi connectivity index (χ4v) is 4.01. The number of amides is 1. The van der Waals surface area contributed by atoms with Crippen molar-refractivity contribution in [3.8, 4) is 5.82 Å². The number of carbonyl (C=O) groups excluding carboxylic acids is 1. The van der Waals surface area contributed by atoms with Gasteiger partial charge in [-0.2, -0.15) is 5.10 Å². The zero-order valence-corrected chi connectivity index (χ0v) is 19.0. The number of nitrogens with zero attached hydrogens (tertiary/aromatic N) is 6. The number of carbonyl (C=O) groups is 1. The number of hydrogen-bond acceptors (Lipinski definition) is 6. The van der Waals surface area contributed by atoms with Crippen LogP contribution >= 0.6 is 0 Å². The Bertz CT molecular complexity index is 1030. The normalized spacial score (nSPS) is 15.1. The minimum absolute atomic E-state index is 0.119. The molecular weight excluding hydrogens is 402 g/mol. The standard InChI is InChI=1S/C24H31N7O/c1-18(2)23-20(17-28-31(23)22-7-4-5-10-25-22)24(32)27-16-19-8-9-21(26-15-19)30-12-6-11-29(3)13-14-30/h4-5,7-10,15,17-18H,6,11-14,16H2,1-3H3,(H,27,32). The first kappa shape index (κ1) is 22.0. The second-order valence-corrected chi connectivity index (χ2v) is 8.55. The van der Waals surface area contributed by atoms with E-state index in [1.807, 2.05) is 36.5 Å². The number of likely N-dealkylation sites (N-methyl/N-ethyl adjacent to an activating group) is 1. The van der Waals surface area contributed by atoms with Crippen molar-refractivity contribution in [1.82, 2.24) is 30.0 Å². The number of aromatic nitrogens is 4. The van der Waals surface area contributed by atoms with Gasteiger partial charge in [0.15, 0.2) is 5.82 Å². The van der Waals surface area contributed by atoms with Gasteiger partial charge in [-0.25, -0.2) is 14.6 Å². The second-order valence-electron chi connectivity index (χ2n) is 8.55. The molecule has 1 N–H and O–H groups in total. The second kappa shape index (κ2) is 9.91. The quantitative estimate of drug-likeness (QED) is 0.644. The van der Waals surface area contributed by atoms with Crippen molar-refractivity contribution in [1.29, 1.82) is 0 Å². The Hall–Kier alpha value is -3.26. The number of rotatable bonds is 6. The van der Waals surface area contributed by atoms with E-state index in [4.69, 9.17) is 0 Å². The average molecular weight is 434 g/mol. The Kier molecular flexibility index (Phi) is 6.80. The highest BCUT2D eigenvalue weighted by Gasteiger charge is 2.21. The van der Waals surface area contributed by atoms with Crippen molar-refractivity contribution in [2.24, 2.45) is 0 Å². The highest BCUT2D eigenvalue weighted by Crippen LogP contribution is 2.22. The van der Waals surface area contributed by atoms with E-state index in [9.17, 15) is 4.79 Å². The molecule has 4 rings (SSSR count). The lowest BCUT2D eigenvalue weighted by molar-refractivity contribution is 0.0949. The molecule has 0 saturated carbocycles. The molecule has 0 aromatic carbocycles. The predicted molar refractivity (Wildman–Crippen MR) is 125 cm³/mol. The molecule has 1 aliphatic heterocycles. The van der Waals surface area contributed by atoms with Gasteiger partial charge in [-0.1, -0.05) is 26.0 Å². The smallest absolute Gasteiger partial charge is 0.255 e. The monoisotopic (exact) mass is 433 g/mol. The Morgan fingerprint density at radius 3 is 2.62 bits per heavy atom. The van der Waals surface area contributed by atoms with Gasteiger partial charge in [0.1, 0.15) is 5.82 Å². The van der Waals surface area contributed by atoms with Crippen LogP contribution in [0, 0.1) is 0 Å². The predicted octanol–water partition coefficient (Wildman–Crippen LogP) is 2.86. The van der Waals surface area contributed by atoms with Crippen molar-refractivity contribution >= 4 is 11.7 Å². The molecule has 168 valence electrons. The first-order valence-corrected chi connectivity index (χ1v) is 11.2. The summed E-state index contributed by atoms with van der Waals surface area (Å²) in [7, 11) is 2.16. The van der Waals surface area contributed by atoms with Crippen LogP contribution < -0.4 is 10.2 Å². The molecule has 4 heterocycles. The van der Waals surface area contributed by atoms with Gasteiger partial charge in [0.05, 0.1) is 17.5 Å². The summed E-state index contributed by atoms with van der Waals surface area (Å²) in [5.74, 6) is 1.67. The fourth-order valence-electron chi connectivity index (χ4n) is 4.01. The third-order valence-corrected chi connectivity index (χ3v) is 5.77. The summed E-state index contributed by atoms with van der Waals surface area (Å²) in [6.07, 6.45) is 6.34. The minimum Gasteiger partial charge on any atom is -0.355 e. The molecule has 0 aliphatic carbocycles. The van der Waals surface area contributed by atoms with Gasteiger partial charge in [-0.15, -0.1) is 0 Å². The molecule has 0 unspecified atom stereocenters. The largest absolute Gasteiger partial charge is 0.355 e. The number of pyridine rings is 2. The van der Waals surface area contributed by atoms with Crippen LogP contribution in [0.2, 0.25) is 0 Å². The van der Waals surface area contributed by atoms with E-state index >= 15 is 0 Å². The maximum atomic E-state index is 13.0. The van der Waals surface area contributed by atoms with Gasteiger partial charge in [0.25, 0.3) is 5.91 Å². The summed E-state index contributed by atoms with van der Waals surface area (Å²) < 4.78 is 1.74. The lowest BCUT2D eigenvalue weighted by Crippen LogP contribution is -2.29. The molecule has 8 heteroatoms. The van der Waals surface area contributed by atoms with Crippen LogP contribution in [-0.2, 0) is 6.54 Å². The minimum atomic E-state index is -0.143. The van der Waals surface area contributed by atoms with Gasteiger partial charge >= 0.3 is 0 Å². The van der Waals surface area contributed by atoms with E-state index in [-0.39, 0.29) is 11.8 Å². The van der Waals surface area contributed by atoms with E-state index in [0.29, 0.717) is 17.9 Å². The molecule has 0 radical (unpaired) electrons. The van der Waals surface area contributed by atoms with Crippen LogP contribution in [0.1, 0.15) is 47.8 Å². The molecule has 0 spiro atoms. The molecule has 0 bridgehead atoms. The first-order valence-electron chi connectivity index (χ1n) is 11.2. The van der Waals surface area contributed by atoms with Crippen LogP contribution in [0.15, 0.2) is 48.9 Å². The van der Waals surface area contributed by atoms with Crippen molar-refractivity contribution in [2.75, 3.05) is 38.1 Å². The lowest BCUT2D eigenvalue weighted by atomic mass is 10.1. The molecular formula is C24H31N7O. The summed E-state index contributed by atoms with van der Waals surface area (Å²) in [5, 5.41) is 7.45. The third-order valence-electron chi connectivity index (χ3n) is 5.77. The van der Waals surface area contributed by atoms with Crippen LogP contribution in [0.3, 0.4) is 0 Å². The summed E-state index contributed by atoms with van der Waals surface area (Å²) >= 11 is 0. The van der Waals surface area contributed by atoms with E-state index in [0.717, 1.165) is 49.7 Å². The molecule has 1 saturated heterocycles.